The van der Waals surface area contributed by atoms with Gasteiger partial charge in [0, 0.05) is 18.3 Å². The van der Waals surface area contributed by atoms with E-state index in [0.717, 1.165) is 0 Å². The summed E-state index contributed by atoms with van der Waals surface area (Å²) in [6.45, 7) is -0.337. The standard InChI is InChI=1S/C11H11F3N2O3/c12-11(13,14)10(19)15-4-3-9(18)8-2-1-7(6-17)5-16-8/h1-2,5-6,9,18H,3-4H2,(H,15,19). The number of amides is 1. The van der Waals surface area contributed by atoms with E-state index in [0.29, 0.717) is 11.8 Å². The number of pyridine rings is 1. The molecule has 8 heteroatoms. The second-order valence-corrected chi connectivity index (χ2v) is 3.69. The number of halogens is 3. The van der Waals surface area contributed by atoms with Gasteiger partial charge in [0.2, 0.25) is 0 Å². The lowest BCUT2D eigenvalue weighted by atomic mass is 10.1. The molecule has 1 amide bonds. The number of carbonyl (C=O) groups excluding carboxylic acids is 2. The van der Waals surface area contributed by atoms with Crippen LogP contribution in [0.15, 0.2) is 18.3 Å². The molecule has 0 saturated carbocycles. The van der Waals surface area contributed by atoms with Crippen molar-refractivity contribution in [1.29, 1.82) is 0 Å². The number of aliphatic hydroxyl groups excluding tert-OH is 1. The molecule has 104 valence electrons. The number of nitrogens with one attached hydrogen (secondary N) is 1. The van der Waals surface area contributed by atoms with E-state index in [2.05, 4.69) is 4.98 Å². The summed E-state index contributed by atoms with van der Waals surface area (Å²) in [7, 11) is 0. The quantitative estimate of drug-likeness (QED) is 0.786. The Bertz CT molecular complexity index is 445. The molecule has 19 heavy (non-hydrogen) atoms. The molecular formula is C11H11F3N2O3. The number of hydrogen-bond acceptors (Lipinski definition) is 4. The number of aromatic nitrogens is 1. The molecule has 0 aliphatic heterocycles. The van der Waals surface area contributed by atoms with E-state index in [1.807, 2.05) is 0 Å². The Hall–Kier alpha value is -1.96. The van der Waals surface area contributed by atoms with Crippen LogP contribution in [0.3, 0.4) is 0 Å². The predicted molar refractivity (Wildman–Crippen MR) is 58.3 cm³/mol. The van der Waals surface area contributed by atoms with Crippen LogP contribution in [0.2, 0.25) is 0 Å². The average Bonchev–Trinajstić information content (AvgIpc) is 2.37. The molecule has 0 bridgehead atoms. The van der Waals surface area contributed by atoms with Crippen LogP contribution in [0.4, 0.5) is 13.2 Å². The van der Waals surface area contributed by atoms with E-state index in [4.69, 9.17) is 0 Å². The second-order valence-electron chi connectivity index (χ2n) is 3.69. The lowest BCUT2D eigenvalue weighted by Gasteiger charge is -2.11. The third-order valence-corrected chi connectivity index (χ3v) is 2.25. The van der Waals surface area contributed by atoms with Crippen LogP contribution in [0.1, 0.15) is 28.6 Å². The van der Waals surface area contributed by atoms with Crippen molar-refractivity contribution in [2.75, 3.05) is 6.54 Å². The van der Waals surface area contributed by atoms with Crippen molar-refractivity contribution in [1.82, 2.24) is 10.3 Å². The van der Waals surface area contributed by atoms with E-state index in [1.165, 1.54) is 18.3 Å². The molecule has 1 atom stereocenters. The Labute approximate surface area is 106 Å². The van der Waals surface area contributed by atoms with Gasteiger partial charge in [0.1, 0.15) is 0 Å². The van der Waals surface area contributed by atoms with Crippen LogP contribution in [-0.4, -0.2) is 35.0 Å². The summed E-state index contributed by atoms with van der Waals surface area (Å²) in [5.41, 5.74) is 0.535. The topological polar surface area (TPSA) is 79.3 Å². The van der Waals surface area contributed by atoms with E-state index >= 15 is 0 Å². The van der Waals surface area contributed by atoms with Crippen LogP contribution in [0.25, 0.3) is 0 Å². The average molecular weight is 276 g/mol. The maximum Gasteiger partial charge on any atom is 0.471 e. The summed E-state index contributed by atoms with van der Waals surface area (Å²) < 4.78 is 35.6. The van der Waals surface area contributed by atoms with E-state index in [-0.39, 0.29) is 18.7 Å². The van der Waals surface area contributed by atoms with Gasteiger partial charge >= 0.3 is 12.1 Å². The summed E-state index contributed by atoms with van der Waals surface area (Å²) in [6.07, 6.45) is -4.36. The van der Waals surface area contributed by atoms with Crippen molar-refractivity contribution >= 4 is 12.2 Å². The molecular weight excluding hydrogens is 265 g/mol. The number of aliphatic hydroxyl groups is 1. The fourth-order valence-corrected chi connectivity index (χ4v) is 1.25. The van der Waals surface area contributed by atoms with Gasteiger partial charge in [-0.05, 0) is 18.6 Å². The van der Waals surface area contributed by atoms with Crippen LogP contribution >= 0.6 is 0 Å². The lowest BCUT2D eigenvalue weighted by Crippen LogP contribution is -2.37. The zero-order valence-corrected chi connectivity index (χ0v) is 9.65. The van der Waals surface area contributed by atoms with Gasteiger partial charge in [0.15, 0.2) is 6.29 Å². The highest BCUT2D eigenvalue weighted by atomic mass is 19.4. The molecule has 0 saturated heterocycles. The summed E-state index contributed by atoms with van der Waals surface area (Å²) in [6, 6.07) is 2.81. The van der Waals surface area contributed by atoms with E-state index in [1.54, 1.807) is 5.32 Å². The number of carbonyl (C=O) groups is 2. The largest absolute Gasteiger partial charge is 0.471 e. The van der Waals surface area contributed by atoms with Gasteiger partial charge in [0.25, 0.3) is 0 Å². The summed E-state index contributed by atoms with van der Waals surface area (Å²) in [5.74, 6) is -2.05. The van der Waals surface area contributed by atoms with Gasteiger partial charge in [-0.25, -0.2) is 0 Å². The maximum absolute atomic E-state index is 11.9. The van der Waals surface area contributed by atoms with E-state index in [9.17, 15) is 27.9 Å². The summed E-state index contributed by atoms with van der Waals surface area (Å²) >= 11 is 0. The molecule has 1 rings (SSSR count). The van der Waals surface area contributed by atoms with Crippen molar-refractivity contribution in [2.45, 2.75) is 18.7 Å². The fraction of sp³-hybridized carbons (Fsp3) is 0.364. The first-order valence-electron chi connectivity index (χ1n) is 5.29. The molecule has 0 aromatic carbocycles. The Balaban J connectivity index is 2.44. The van der Waals surface area contributed by atoms with Crippen LogP contribution in [0.5, 0.6) is 0 Å². The summed E-state index contributed by atoms with van der Waals surface area (Å²) in [4.78, 5) is 24.6. The number of alkyl halides is 3. The summed E-state index contributed by atoms with van der Waals surface area (Å²) in [5, 5.41) is 11.3. The molecule has 1 unspecified atom stereocenters. The molecule has 0 aliphatic carbocycles. The Kier molecular flexibility index (Phi) is 4.99. The molecule has 5 nitrogen and oxygen atoms in total. The zero-order chi connectivity index (χ0) is 14.5. The lowest BCUT2D eigenvalue weighted by molar-refractivity contribution is -0.173. The van der Waals surface area contributed by atoms with Crippen LogP contribution in [0, 0.1) is 0 Å². The first kappa shape index (κ1) is 15.1. The van der Waals surface area contributed by atoms with Crippen molar-refractivity contribution in [3.8, 4) is 0 Å². The SMILES string of the molecule is O=Cc1ccc(C(O)CCNC(=O)C(F)(F)F)nc1. The minimum Gasteiger partial charge on any atom is -0.387 e. The first-order valence-corrected chi connectivity index (χ1v) is 5.29. The van der Waals surface area contributed by atoms with Crippen LogP contribution in [-0.2, 0) is 4.79 Å². The molecule has 0 aliphatic rings. The van der Waals surface area contributed by atoms with Crippen molar-refractivity contribution in [3.05, 3.63) is 29.6 Å². The zero-order valence-electron chi connectivity index (χ0n) is 9.65. The highest BCUT2D eigenvalue weighted by Crippen LogP contribution is 2.16. The fourth-order valence-electron chi connectivity index (χ4n) is 1.25. The Morgan fingerprint density at radius 3 is 2.63 bits per heavy atom. The molecule has 1 heterocycles. The monoisotopic (exact) mass is 276 g/mol. The highest BCUT2D eigenvalue weighted by Gasteiger charge is 2.38. The molecule has 0 radical (unpaired) electrons. The molecule has 0 fully saturated rings. The van der Waals surface area contributed by atoms with Gasteiger partial charge in [0.05, 0.1) is 11.8 Å². The normalized spacial score (nSPS) is 12.8. The number of rotatable bonds is 5. The minimum atomic E-state index is -4.94. The molecule has 0 spiro atoms. The van der Waals surface area contributed by atoms with Crippen molar-refractivity contribution in [2.24, 2.45) is 0 Å². The first-order chi connectivity index (χ1) is 8.84. The Morgan fingerprint density at radius 1 is 1.47 bits per heavy atom. The van der Waals surface area contributed by atoms with Crippen molar-refractivity contribution in [3.63, 3.8) is 0 Å². The maximum atomic E-state index is 11.9. The third-order valence-electron chi connectivity index (χ3n) is 2.25. The third kappa shape index (κ3) is 4.66. The van der Waals surface area contributed by atoms with E-state index < -0.39 is 18.2 Å². The van der Waals surface area contributed by atoms with Crippen molar-refractivity contribution < 1.29 is 27.9 Å². The van der Waals surface area contributed by atoms with Gasteiger partial charge in [-0.2, -0.15) is 13.2 Å². The Morgan fingerprint density at radius 2 is 2.16 bits per heavy atom. The molecule has 2 N–H and O–H groups in total. The number of hydrogen-bond donors (Lipinski definition) is 2. The smallest absolute Gasteiger partial charge is 0.387 e. The second kappa shape index (κ2) is 6.28. The predicted octanol–water partition coefficient (Wildman–Crippen LogP) is 0.996. The number of aldehydes is 1. The minimum absolute atomic E-state index is 0.116. The van der Waals surface area contributed by atoms with Gasteiger partial charge < -0.3 is 10.4 Å². The molecule has 1 aromatic heterocycles. The number of nitrogens with zero attached hydrogens (tertiary/aromatic N) is 1. The van der Waals surface area contributed by atoms with Crippen LogP contribution < -0.4 is 5.32 Å². The van der Waals surface area contributed by atoms with Gasteiger partial charge in [-0.15, -0.1) is 0 Å². The van der Waals surface area contributed by atoms with Gasteiger partial charge in [-0.1, -0.05) is 0 Å². The molecule has 1 aromatic rings. The highest BCUT2D eigenvalue weighted by molar-refractivity contribution is 5.81. The van der Waals surface area contributed by atoms with Gasteiger partial charge in [-0.3, -0.25) is 14.6 Å².